The highest BCUT2D eigenvalue weighted by atomic mass is 35.5. The van der Waals surface area contributed by atoms with Gasteiger partial charge in [0.2, 0.25) is 0 Å². The van der Waals surface area contributed by atoms with E-state index in [-0.39, 0.29) is 5.82 Å². The highest BCUT2D eigenvalue weighted by Gasteiger charge is 2.15. The summed E-state index contributed by atoms with van der Waals surface area (Å²) in [5.41, 5.74) is 5.20. The van der Waals surface area contributed by atoms with Gasteiger partial charge in [-0.15, -0.1) is 11.3 Å². The van der Waals surface area contributed by atoms with Crippen LogP contribution in [-0.2, 0) is 0 Å². The molecular weight excluding hydrogens is 467 g/mol. The smallest absolute Gasteiger partial charge is 0.134 e. The Morgan fingerprint density at radius 2 is 1.68 bits per heavy atom. The highest BCUT2D eigenvalue weighted by molar-refractivity contribution is 7.11. The van der Waals surface area contributed by atoms with Crippen LogP contribution in [0.5, 0.6) is 0 Å². The molecule has 0 saturated heterocycles. The third-order valence-electron chi connectivity index (χ3n) is 5.18. The van der Waals surface area contributed by atoms with Gasteiger partial charge in [0.15, 0.2) is 0 Å². The van der Waals surface area contributed by atoms with E-state index < -0.39 is 0 Å². The predicted molar refractivity (Wildman–Crippen MR) is 135 cm³/mol. The molecule has 0 aliphatic heterocycles. The Kier molecular flexibility index (Phi) is 6.05. The van der Waals surface area contributed by atoms with Crippen LogP contribution in [0.1, 0.15) is 10.6 Å². The maximum absolute atomic E-state index is 13.3. The van der Waals surface area contributed by atoms with Crippen LogP contribution >= 0.6 is 22.9 Å². The Morgan fingerprint density at radius 3 is 2.38 bits per heavy atom. The van der Waals surface area contributed by atoms with Gasteiger partial charge in [0.1, 0.15) is 16.9 Å². The molecule has 0 aliphatic rings. The van der Waals surface area contributed by atoms with Crippen LogP contribution in [0.15, 0.2) is 90.4 Å². The lowest BCUT2D eigenvalue weighted by Crippen LogP contribution is -1.93. The summed E-state index contributed by atoms with van der Waals surface area (Å²) in [7, 11) is 0. The molecule has 0 aliphatic carbocycles. The summed E-state index contributed by atoms with van der Waals surface area (Å²) in [4.78, 5) is 4.62. The van der Waals surface area contributed by atoms with Gasteiger partial charge in [0.05, 0.1) is 22.6 Å². The quantitative estimate of drug-likeness (QED) is 0.243. The molecule has 0 atom stereocenters. The van der Waals surface area contributed by atoms with Crippen molar-refractivity contribution in [3.63, 3.8) is 0 Å². The Hall–Kier alpha value is -4.05. The number of benzene rings is 3. The fourth-order valence-corrected chi connectivity index (χ4v) is 4.41. The summed E-state index contributed by atoms with van der Waals surface area (Å²) in [5.74, 6) is -0.304. The van der Waals surface area contributed by atoms with Gasteiger partial charge in [-0.2, -0.15) is 10.4 Å². The van der Waals surface area contributed by atoms with E-state index in [1.165, 1.54) is 23.5 Å². The first-order valence-corrected chi connectivity index (χ1v) is 11.6. The number of nitriles is 1. The second kappa shape index (κ2) is 9.44. The molecule has 4 nitrogen and oxygen atoms in total. The molecule has 0 radical (unpaired) electrons. The summed E-state index contributed by atoms with van der Waals surface area (Å²) in [6, 6.07) is 25.6. The Balaban J connectivity index is 1.58. The van der Waals surface area contributed by atoms with Crippen LogP contribution in [0.4, 0.5) is 4.39 Å². The van der Waals surface area contributed by atoms with Gasteiger partial charge in [-0.1, -0.05) is 41.9 Å². The number of nitrogens with zero attached hydrogens (tertiary/aromatic N) is 4. The lowest BCUT2D eigenvalue weighted by Gasteiger charge is -2.01. The number of hydrogen-bond acceptors (Lipinski definition) is 4. The molecule has 34 heavy (non-hydrogen) atoms. The molecule has 3 aromatic carbocycles. The van der Waals surface area contributed by atoms with E-state index in [0.717, 1.165) is 28.1 Å². The summed E-state index contributed by atoms with van der Waals surface area (Å²) in [5, 5.41) is 17.8. The van der Waals surface area contributed by atoms with Crippen molar-refractivity contribution in [1.29, 1.82) is 5.26 Å². The molecule has 0 unspecified atom stereocenters. The molecule has 7 heteroatoms. The van der Waals surface area contributed by atoms with Gasteiger partial charge in [0, 0.05) is 33.3 Å². The number of para-hydroxylation sites is 1. The van der Waals surface area contributed by atoms with Crippen molar-refractivity contribution in [2.75, 3.05) is 0 Å². The van der Waals surface area contributed by atoms with Crippen molar-refractivity contribution in [2.45, 2.75) is 0 Å². The number of allylic oxidation sites excluding steroid dienone is 1. The average molecular weight is 483 g/mol. The maximum Gasteiger partial charge on any atom is 0.134 e. The standard InChI is InChI=1S/C27H16ClFN4S/c28-22-10-6-19(7-11-22)26-21(16-33(32-26)24-4-2-1-3-5-24)14-20(15-30)27-31-25(17-34-27)18-8-12-23(29)13-9-18/h1-14,16-17H/b20-14+. The van der Waals surface area contributed by atoms with Crippen molar-refractivity contribution in [3.8, 4) is 34.3 Å². The molecule has 2 aromatic heterocycles. The van der Waals surface area contributed by atoms with E-state index in [1.54, 1.807) is 22.9 Å². The second-order valence-electron chi connectivity index (χ2n) is 7.43. The number of aromatic nitrogens is 3. The molecule has 2 heterocycles. The topological polar surface area (TPSA) is 54.5 Å². The number of hydrogen-bond donors (Lipinski definition) is 0. The van der Waals surface area contributed by atoms with Crippen LogP contribution in [0, 0.1) is 17.1 Å². The second-order valence-corrected chi connectivity index (χ2v) is 8.73. The first-order valence-electron chi connectivity index (χ1n) is 10.4. The Bertz CT molecular complexity index is 1510. The molecule has 0 N–H and O–H groups in total. The monoisotopic (exact) mass is 482 g/mol. The average Bonchev–Trinajstić information content (AvgIpc) is 3.52. The molecule has 0 fully saturated rings. The molecule has 5 aromatic rings. The van der Waals surface area contributed by atoms with E-state index in [9.17, 15) is 9.65 Å². The van der Waals surface area contributed by atoms with Gasteiger partial charge in [0.25, 0.3) is 0 Å². The number of halogens is 2. The third kappa shape index (κ3) is 4.53. The molecule has 0 bridgehead atoms. The van der Waals surface area contributed by atoms with Gasteiger partial charge in [-0.25, -0.2) is 14.1 Å². The van der Waals surface area contributed by atoms with E-state index in [1.807, 2.05) is 66.2 Å². The fraction of sp³-hybridized carbons (Fsp3) is 0. The SMILES string of the molecule is N#C/C(=C\c1cn(-c2ccccc2)nc1-c1ccc(Cl)cc1)c1nc(-c2ccc(F)cc2)cs1. The Morgan fingerprint density at radius 1 is 0.971 bits per heavy atom. The zero-order valence-corrected chi connectivity index (χ0v) is 19.3. The zero-order valence-electron chi connectivity index (χ0n) is 17.7. The van der Waals surface area contributed by atoms with E-state index in [2.05, 4.69) is 11.1 Å². The number of thiazole rings is 1. The van der Waals surface area contributed by atoms with E-state index >= 15 is 0 Å². The van der Waals surface area contributed by atoms with Crippen LogP contribution < -0.4 is 0 Å². The fourth-order valence-electron chi connectivity index (χ4n) is 3.49. The van der Waals surface area contributed by atoms with Gasteiger partial charge < -0.3 is 0 Å². The van der Waals surface area contributed by atoms with Crippen LogP contribution in [0.3, 0.4) is 0 Å². The maximum atomic E-state index is 13.3. The summed E-state index contributed by atoms with van der Waals surface area (Å²) in [6.07, 6.45) is 3.69. The van der Waals surface area contributed by atoms with Crippen LogP contribution in [-0.4, -0.2) is 14.8 Å². The van der Waals surface area contributed by atoms with Crippen LogP contribution in [0.2, 0.25) is 5.02 Å². The van der Waals surface area contributed by atoms with E-state index in [4.69, 9.17) is 16.7 Å². The molecule has 164 valence electrons. The van der Waals surface area contributed by atoms with E-state index in [0.29, 0.717) is 21.3 Å². The minimum Gasteiger partial charge on any atom is -0.240 e. The molecule has 0 saturated carbocycles. The molecule has 0 amide bonds. The molecular formula is C27H16ClFN4S. The zero-order chi connectivity index (χ0) is 23.5. The van der Waals surface area contributed by atoms with Crippen molar-refractivity contribution in [1.82, 2.24) is 14.8 Å². The van der Waals surface area contributed by atoms with Gasteiger partial charge in [-0.3, -0.25) is 0 Å². The lowest BCUT2D eigenvalue weighted by atomic mass is 10.1. The van der Waals surface area contributed by atoms with Crippen molar-refractivity contribution in [2.24, 2.45) is 0 Å². The normalized spacial score (nSPS) is 11.4. The van der Waals surface area contributed by atoms with Gasteiger partial charge in [-0.05, 0) is 54.6 Å². The largest absolute Gasteiger partial charge is 0.240 e. The predicted octanol–water partition coefficient (Wildman–Crippen LogP) is 7.52. The molecule has 5 rings (SSSR count). The first kappa shape index (κ1) is 21.8. The van der Waals surface area contributed by atoms with Gasteiger partial charge >= 0.3 is 0 Å². The third-order valence-corrected chi connectivity index (χ3v) is 6.30. The minimum atomic E-state index is -0.304. The van der Waals surface area contributed by atoms with Crippen molar-refractivity contribution < 1.29 is 4.39 Å². The summed E-state index contributed by atoms with van der Waals surface area (Å²) in [6.45, 7) is 0. The summed E-state index contributed by atoms with van der Waals surface area (Å²) < 4.78 is 15.1. The van der Waals surface area contributed by atoms with Crippen molar-refractivity contribution in [3.05, 3.63) is 112 Å². The first-order chi connectivity index (χ1) is 16.6. The molecule has 0 spiro atoms. The van der Waals surface area contributed by atoms with Crippen molar-refractivity contribution >= 4 is 34.6 Å². The number of rotatable bonds is 5. The van der Waals surface area contributed by atoms with Crippen LogP contribution in [0.25, 0.3) is 39.9 Å². The Labute approximate surface area is 204 Å². The minimum absolute atomic E-state index is 0.304. The highest BCUT2D eigenvalue weighted by Crippen LogP contribution is 2.31. The lowest BCUT2D eigenvalue weighted by molar-refractivity contribution is 0.628. The summed E-state index contributed by atoms with van der Waals surface area (Å²) >= 11 is 7.45.